The Hall–Kier alpha value is -1.48. The van der Waals surface area contributed by atoms with Crippen LogP contribution in [0.15, 0.2) is 18.2 Å². The maximum absolute atomic E-state index is 12.8. The van der Waals surface area contributed by atoms with E-state index in [2.05, 4.69) is 5.32 Å². The number of anilines is 1. The summed E-state index contributed by atoms with van der Waals surface area (Å²) in [5.74, 6) is -0.447. The lowest BCUT2D eigenvalue weighted by Crippen LogP contribution is -2.52. The molecule has 0 saturated carbocycles. The highest BCUT2D eigenvalue weighted by Gasteiger charge is 2.36. The highest BCUT2D eigenvalue weighted by molar-refractivity contribution is 7.86. The molecule has 0 spiro atoms. The van der Waals surface area contributed by atoms with Crippen LogP contribution in [0.3, 0.4) is 0 Å². The largest absolute Gasteiger partial charge is 0.379 e. The van der Waals surface area contributed by atoms with Crippen molar-refractivity contribution >= 4 is 21.8 Å². The molecule has 1 N–H and O–H groups in total. The minimum absolute atomic E-state index is 0.114. The molecule has 2 fully saturated rings. The minimum atomic E-state index is -3.53. The second kappa shape index (κ2) is 8.04. The number of rotatable bonds is 4. The van der Waals surface area contributed by atoms with Gasteiger partial charge < -0.3 is 10.1 Å². The molecule has 0 aliphatic carbocycles. The predicted molar refractivity (Wildman–Crippen MR) is 100 cm³/mol. The SMILES string of the molecule is Cc1cc(C)cc(NC(=O)C2CCCN(S(=O)(=O)N3CCOCC3)C2)c1. The Balaban J connectivity index is 1.66. The van der Waals surface area contributed by atoms with Crippen molar-refractivity contribution in [1.29, 1.82) is 0 Å². The standard InChI is InChI=1S/C18H27N3O4S/c1-14-10-15(2)12-17(11-14)19-18(22)16-4-3-5-21(13-16)26(23,24)20-6-8-25-9-7-20/h10-12,16H,3-9,13H2,1-2H3,(H,19,22). The molecule has 1 aromatic rings. The van der Waals surface area contributed by atoms with Crippen LogP contribution in [0.1, 0.15) is 24.0 Å². The number of hydrogen-bond donors (Lipinski definition) is 1. The van der Waals surface area contributed by atoms with Gasteiger partial charge in [-0.15, -0.1) is 0 Å². The minimum Gasteiger partial charge on any atom is -0.379 e. The summed E-state index contributed by atoms with van der Waals surface area (Å²) in [6.45, 7) is 6.26. The van der Waals surface area contributed by atoms with Gasteiger partial charge in [0.25, 0.3) is 10.2 Å². The number of carbonyl (C=O) groups is 1. The van der Waals surface area contributed by atoms with Crippen LogP contribution in [0.2, 0.25) is 0 Å². The zero-order valence-corrected chi connectivity index (χ0v) is 16.2. The summed E-state index contributed by atoms with van der Waals surface area (Å²) in [7, 11) is -3.53. The Morgan fingerprint density at radius 2 is 1.73 bits per heavy atom. The fourth-order valence-corrected chi connectivity index (χ4v) is 5.26. The molecule has 26 heavy (non-hydrogen) atoms. The fourth-order valence-electron chi connectivity index (χ4n) is 3.60. The molecule has 1 unspecified atom stereocenters. The third-order valence-electron chi connectivity index (χ3n) is 4.87. The van der Waals surface area contributed by atoms with Crippen LogP contribution >= 0.6 is 0 Å². The van der Waals surface area contributed by atoms with Crippen LogP contribution < -0.4 is 5.32 Å². The molecule has 1 atom stereocenters. The number of nitrogens with zero attached hydrogens (tertiary/aromatic N) is 2. The van der Waals surface area contributed by atoms with Gasteiger partial charge in [0.2, 0.25) is 5.91 Å². The average Bonchev–Trinajstić information content (AvgIpc) is 2.61. The van der Waals surface area contributed by atoms with Crippen molar-refractivity contribution in [3.05, 3.63) is 29.3 Å². The molecule has 3 rings (SSSR count). The maximum atomic E-state index is 12.8. The van der Waals surface area contributed by atoms with E-state index >= 15 is 0 Å². The van der Waals surface area contributed by atoms with Crippen LogP contribution in [-0.2, 0) is 19.7 Å². The lowest BCUT2D eigenvalue weighted by atomic mass is 9.98. The van der Waals surface area contributed by atoms with Gasteiger partial charge in [-0.25, -0.2) is 0 Å². The molecular weight excluding hydrogens is 354 g/mol. The van der Waals surface area contributed by atoms with E-state index in [9.17, 15) is 13.2 Å². The first kappa shape index (κ1) is 19.3. The van der Waals surface area contributed by atoms with Gasteiger partial charge in [-0.3, -0.25) is 4.79 Å². The topological polar surface area (TPSA) is 79.0 Å². The summed E-state index contributed by atoms with van der Waals surface area (Å²) in [4.78, 5) is 12.7. The van der Waals surface area contributed by atoms with Crippen molar-refractivity contribution in [2.24, 2.45) is 5.92 Å². The van der Waals surface area contributed by atoms with Crippen molar-refractivity contribution in [1.82, 2.24) is 8.61 Å². The first-order chi connectivity index (χ1) is 12.4. The molecule has 2 aliphatic rings. The monoisotopic (exact) mass is 381 g/mol. The molecule has 1 amide bonds. The number of benzene rings is 1. The smallest absolute Gasteiger partial charge is 0.282 e. The van der Waals surface area contributed by atoms with Gasteiger partial charge in [0, 0.05) is 31.9 Å². The van der Waals surface area contributed by atoms with E-state index in [0.717, 1.165) is 16.8 Å². The molecule has 0 aromatic heterocycles. The fraction of sp³-hybridized carbons (Fsp3) is 0.611. The van der Waals surface area contributed by atoms with Crippen LogP contribution in [-0.4, -0.2) is 62.3 Å². The first-order valence-corrected chi connectivity index (χ1v) is 10.5. The van der Waals surface area contributed by atoms with E-state index in [1.54, 1.807) is 0 Å². The van der Waals surface area contributed by atoms with Gasteiger partial charge in [0.05, 0.1) is 19.1 Å². The number of ether oxygens (including phenoxy) is 1. The predicted octanol–water partition coefficient (Wildman–Crippen LogP) is 1.53. The summed E-state index contributed by atoms with van der Waals surface area (Å²) in [6.07, 6.45) is 1.39. The highest BCUT2D eigenvalue weighted by atomic mass is 32.2. The van der Waals surface area contributed by atoms with E-state index < -0.39 is 10.2 Å². The Kier molecular flexibility index (Phi) is 5.96. The number of aryl methyl sites for hydroxylation is 2. The van der Waals surface area contributed by atoms with Gasteiger partial charge in [0.15, 0.2) is 0 Å². The molecule has 2 aliphatic heterocycles. The second-order valence-corrected chi connectivity index (χ2v) is 9.01. The van der Waals surface area contributed by atoms with Gasteiger partial charge in [-0.05, 0) is 49.9 Å². The highest BCUT2D eigenvalue weighted by Crippen LogP contribution is 2.23. The number of piperidine rings is 1. The Labute approximate surface area is 155 Å². The van der Waals surface area contributed by atoms with Crippen LogP contribution in [0, 0.1) is 19.8 Å². The Bertz CT molecular complexity index is 739. The average molecular weight is 381 g/mol. The van der Waals surface area contributed by atoms with Crippen LogP contribution in [0.25, 0.3) is 0 Å². The number of amides is 1. The van der Waals surface area contributed by atoms with Gasteiger partial charge in [0.1, 0.15) is 0 Å². The number of nitrogens with one attached hydrogen (secondary N) is 1. The molecule has 2 heterocycles. The zero-order chi connectivity index (χ0) is 18.7. The quantitative estimate of drug-likeness (QED) is 0.858. The molecule has 8 heteroatoms. The van der Waals surface area contributed by atoms with E-state index in [0.29, 0.717) is 45.7 Å². The molecule has 7 nitrogen and oxygen atoms in total. The van der Waals surface area contributed by atoms with Crippen molar-refractivity contribution in [3.63, 3.8) is 0 Å². The van der Waals surface area contributed by atoms with Crippen molar-refractivity contribution in [3.8, 4) is 0 Å². The summed E-state index contributed by atoms with van der Waals surface area (Å²) in [5.41, 5.74) is 2.93. The van der Waals surface area contributed by atoms with Crippen LogP contribution in [0.5, 0.6) is 0 Å². The maximum Gasteiger partial charge on any atom is 0.282 e. The summed E-state index contributed by atoms with van der Waals surface area (Å²) in [5, 5.41) is 2.95. The zero-order valence-electron chi connectivity index (χ0n) is 15.4. The van der Waals surface area contributed by atoms with Gasteiger partial charge in [-0.1, -0.05) is 6.07 Å². The molecule has 0 radical (unpaired) electrons. The molecule has 144 valence electrons. The third-order valence-corrected chi connectivity index (χ3v) is 6.87. The molecule has 0 bridgehead atoms. The summed E-state index contributed by atoms with van der Waals surface area (Å²) >= 11 is 0. The Morgan fingerprint density at radius 1 is 1.08 bits per heavy atom. The molecule has 2 saturated heterocycles. The number of morpholine rings is 1. The van der Waals surface area contributed by atoms with E-state index in [1.165, 1.54) is 8.61 Å². The van der Waals surface area contributed by atoms with Crippen molar-refractivity contribution < 1.29 is 17.9 Å². The summed E-state index contributed by atoms with van der Waals surface area (Å²) < 4.78 is 33.8. The summed E-state index contributed by atoms with van der Waals surface area (Å²) in [6, 6.07) is 5.90. The van der Waals surface area contributed by atoms with E-state index in [1.807, 2.05) is 32.0 Å². The van der Waals surface area contributed by atoms with Gasteiger partial charge in [-0.2, -0.15) is 17.0 Å². The van der Waals surface area contributed by atoms with Crippen molar-refractivity contribution in [2.75, 3.05) is 44.7 Å². The Morgan fingerprint density at radius 3 is 2.38 bits per heavy atom. The normalized spacial score (nSPS) is 22.9. The third kappa shape index (κ3) is 4.43. The number of carbonyl (C=O) groups excluding carboxylic acids is 1. The molecule has 1 aromatic carbocycles. The van der Waals surface area contributed by atoms with E-state index in [4.69, 9.17) is 4.74 Å². The lowest BCUT2D eigenvalue weighted by molar-refractivity contribution is -0.120. The lowest BCUT2D eigenvalue weighted by Gasteiger charge is -2.36. The van der Waals surface area contributed by atoms with Crippen molar-refractivity contribution in [2.45, 2.75) is 26.7 Å². The van der Waals surface area contributed by atoms with Gasteiger partial charge >= 0.3 is 0 Å². The first-order valence-electron chi connectivity index (χ1n) is 9.08. The van der Waals surface area contributed by atoms with Crippen LogP contribution in [0.4, 0.5) is 5.69 Å². The number of hydrogen-bond acceptors (Lipinski definition) is 4. The molecular formula is C18H27N3O4S. The van der Waals surface area contributed by atoms with E-state index in [-0.39, 0.29) is 18.4 Å². The second-order valence-electron chi connectivity index (χ2n) is 7.08.